The van der Waals surface area contributed by atoms with Crippen molar-refractivity contribution in [2.24, 2.45) is 17.8 Å². The molecule has 1 heterocycles. The van der Waals surface area contributed by atoms with Crippen molar-refractivity contribution < 1.29 is 4.79 Å². The summed E-state index contributed by atoms with van der Waals surface area (Å²) >= 11 is 5.00. The highest BCUT2D eigenvalue weighted by Crippen LogP contribution is 2.49. The van der Waals surface area contributed by atoms with E-state index >= 15 is 0 Å². The maximum Gasteiger partial charge on any atom is 0.259 e. The molecule has 2 aliphatic carbocycles. The predicted octanol–water partition coefficient (Wildman–Crippen LogP) is 3.14. The second-order valence-corrected chi connectivity index (χ2v) is 7.68. The summed E-state index contributed by atoms with van der Waals surface area (Å²) in [4.78, 5) is 29.9. The number of hydrogen-bond donors (Lipinski definition) is 3. The Hall–Kier alpha value is -1.95. The molecule has 24 heavy (non-hydrogen) atoms. The lowest BCUT2D eigenvalue weighted by atomic mass is 9.84. The van der Waals surface area contributed by atoms with E-state index in [1.807, 2.05) is 0 Å². The van der Waals surface area contributed by atoms with E-state index in [-0.39, 0.29) is 22.3 Å². The third-order valence-corrected chi connectivity index (χ3v) is 6.00. The van der Waals surface area contributed by atoms with Gasteiger partial charge in [-0.3, -0.25) is 14.6 Å². The minimum Gasteiger partial charge on any atom is -0.349 e. The van der Waals surface area contributed by atoms with E-state index in [2.05, 4.69) is 22.2 Å². The van der Waals surface area contributed by atoms with Crippen molar-refractivity contribution in [2.45, 2.75) is 38.6 Å². The first kappa shape index (κ1) is 15.6. The molecule has 0 aliphatic heterocycles. The lowest BCUT2D eigenvalue weighted by Crippen LogP contribution is -2.40. The fraction of sp³-hybridized carbons (Fsp3) is 0.500. The number of nitrogens with one attached hydrogen (secondary N) is 3. The Morgan fingerprint density at radius 1 is 1.29 bits per heavy atom. The Morgan fingerprint density at radius 3 is 2.83 bits per heavy atom. The highest BCUT2D eigenvalue weighted by atomic mass is 32.1. The van der Waals surface area contributed by atoms with Gasteiger partial charge in [0.05, 0.1) is 10.9 Å². The van der Waals surface area contributed by atoms with Gasteiger partial charge >= 0.3 is 0 Å². The SMILES string of the molecule is C[C@@H](NC(=O)c1ccc2c(=O)[nH]c(=S)[nH]c2c1)[C@H]1C[C@H]2CC[C@H]1C2. The standard InChI is InChI=1S/C18H21N3O2S/c1-9(14-7-10-2-3-11(14)6-10)19-16(22)12-4-5-13-15(8-12)20-18(24)21-17(13)23/h4-5,8-11,14H,2-3,6-7H2,1H3,(H,19,22)(H2,20,21,23,24)/t9-,10+,11+,14-/m1/s1. The van der Waals surface area contributed by atoms with Crippen LogP contribution < -0.4 is 10.9 Å². The fourth-order valence-corrected chi connectivity index (χ4v) is 4.82. The number of benzene rings is 1. The monoisotopic (exact) mass is 343 g/mol. The molecule has 2 aromatic rings. The van der Waals surface area contributed by atoms with Gasteiger partial charge in [-0.2, -0.15) is 0 Å². The van der Waals surface area contributed by atoms with Gasteiger partial charge in [-0.1, -0.05) is 6.42 Å². The quantitative estimate of drug-likeness (QED) is 0.749. The van der Waals surface area contributed by atoms with Crippen LogP contribution in [-0.2, 0) is 0 Å². The number of fused-ring (bicyclic) bond motifs is 3. The summed E-state index contributed by atoms with van der Waals surface area (Å²) in [7, 11) is 0. The molecular formula is C18H21N3O2S. The lowest BCUT2D eigenvalue weighted by molar-refractivity contribution is 0.0915. The van der Waals surface area contributed by atoms with E-state index in [0.717, 1.165) is 11.8 Å². The zero-order valence-corrected chi connectivity index (χ0v) is 14.4. The molecule has 2 saturated carbocycles. The third kappa shape index (κ3) is 2.69. The second-order valence-electron chi connectivity index (χ2n) is 7.27. The molecule has 4 rings (SSSR count). The number of carbonyl (C=O) groups excluding carboxylic acids is 1. The summed E-state index contributed by atoms with van der Waals surface area (Å²) in [5.41, 5.74) is 0.897. The molecule has 4 atom stereocenters. The number of H-pyrrole nitrogens is 2. The van der Waals surface area contributed by atoms with Crippen molar-refractivity contribution in [3.8, 4) is 0 Å². The first-order valence-corrected chi connectivity index (χ1v) is 8.99. The molecule has 2 bridgehead atoms. The number of rotatable bonds is 3. The first-order chi connectivity index (χ1) is 11.5. The number of hydrogen-bond acceptors (Lipinski definition) is 3. The van der Waals surface area contributed by atoms with Gasteiger partial charge in [0.1, 0.15) is 0 Å². The topological polar surface area (TPSA) is 77.8 Å². The minimum absolute atomic E-state index is 0.0910. The highest BCUT2D eigenvalue weighted by Gasteiger charge is 2.42. The fourth-order valence-electron chi connectivity index (χ4n) is 4.61. The van der Waals surface area contributed by atoms with Crippen molar-refractivity contribution in [1.29, 1.82) is 0 Å². The minimum atomic E-state index is -0.240. The zero-order chi connectivity index (χ0) is 16.8. The smallest absolute Gasteiger partial charge is 0.259 e. The van der Waals surface area contributed by atoms with E-state index < -0.39 is 0 Å². The normalized spacial score (nSPS) is 26.6. The molecule has 1 aromatic carbocycles. The van der Waals surface area contributed by atoms with E-state index in [9.17, 15) is 9.59 Å². The van der Waals surface area contributed by atoms with Gasteiger partial charge in [-0.25, -0.2) is 0 Å². The average molecular weight is 343 g/mol. The van der Waals surface area contributed by atoms with Crippen molar-refractivity contribution in [2.75, 3.05) is 0 Å². The summed E-state index contributed by atoms with van der Waals surface area (Å²) in [5.74, 6) is 2.15. The van der Waals surface area contributed by atoms with Crippen molar-refractivity contribution >= 4 is 29.0 Å². The summed E-state index contributed by atoms with van der Waals surface area (Å²) in [6.45, 7) is 2.11. The molecule has 2 aliphatic rings. The summed E-state index contributed by atoms with van der Waals surface area (Å²) in [5, 5.41) is 3.65. The average Bonchev–Trinajstić information content (AvgIpc) is 3.17. The van der Waals surface area contributed by atoms with Crippen LogP contribution in [0.3, 0.4) is 0 Å². The van der Waals surface area contributed by atoms with Gasteiger partial charge in [0, 0.05) is 11.6 Å². The van der Waals surface area contributed by atoms with Crippen LogP contribution in [0.1, 0.15) is 43.0 Å². The number of aromatic amines is 2. The van der Waals surface area contributed by atoms with Crippen LogP contribution in [-0.4, -0.2) is 21.9 Å². The van der Waals surface area contributed by atoms with Gasteiger partial charge in [0.2, 0.25) is 0 Å². The molecule has 5 nitrogen and oxygen atoms in total. The van der Waals surface area contributed by atoms with E-state index in [0.29, 0.717) is 22.4 Å². The molecule has 0 radical (unpaired) electrons. The van der Waals surface area contributed by atoms with Crippen LogP contribution in [0.2, 0.25) is 0 Å². The Bertz CT molecular complexity index is 916. The van der Waals surface area contributed by atoms with Crippen LogP contribution in [0.5, 0.6) is 0 Å². The lowest BCUT2D eigenvalue weighted by Gasteiger charge is -2.28. The Labute approximate surface area is 144 Å². The number of carbonyl (C=O) groups is 1. The molecule has 2 fully saturated rings. The highest BCUT2D eigenvalue weighted by molar-refractivity contribution is 7.71. The van der Waals surface area contributed by atoms with Crippen LogP contribution in [0.25, 0.3) is 10.9 Å². The van der Waals surface area contributed by atoms with Crippen molar-refractivity contribution in [3.63, 3.8) is 0 Å². The maximum absolute atomic E-state index is 12.6. The van der Waals surface area contributed by atoms with Crippen molar-refractivity contribution in [3.05, 3.63) is 38.9 Å². The van der Waals surface area contributed by atoms with E-state index in [4.69, 9.17) is 12.2 Å². The molecule has 3 N–H and O–H groups in total. The number of amides is 1. The Kier molecular flexibility index (Phi) is 3.79. The van der Waals surface area contributed by atoms with Gasteiger partial charge in [-0.05, 0) is 74.4 Å². The Balaban J connectivity index is 1.55. The summed E-state index contributed by atoms with van der Waals surface area (Å²) in [6, 6.07) is 5.23. The summed E-state index contributed by atoms with van der Waals surface area (Å²) in [6.07, 6.45) is 5.25. The molecule has 6 heteroatoms. The summed E-state index contributed by atoms with van der Waals surface area (Å²) < 4.78 is 0.264. The van der Waals surface area contributed by atoms with Crippen LogP contribution in [0.4, 0.5) is 0 Å². The maximum atomic E-state index is 12.6. The van der Waals surface area contributed by atoms with Crippen molar-refractivity contribution in [1.82, 2.24) is 15.3 Å². The molecule has 0 unspecified atom stereocenters. The molecule has 126 valence electrons. The molecule has 1 amide bonds. The Morgan fingerprint density at radius 2 is 2.12 bits per heavy atom. The number of aromatic nitrogens is 2. The zero-order valence-electron chi connectivity index (χ0n) is 13.6. The van der Waals surface area contributed by atoms with Crippen LogP contribution in [0, 0.1) is 22.5 Å². The largest absolute Gasteiger partial charge is 0.349 e. The van der Waals surface area contributed by atoms with Gasteiger partial charge in [-0.15, -0.1) is 0 Å². The molecular weight excluding hydrogens is 322 g/mol. The van der Waals surface area contributed by atoms with Gasteiger partial charge in [0.15, 0.2) is 4.77 Å². The van der Waals surface area contributed by atoms with E-state index in [1.54, 1.807) is 18.2 Å². The third-order valence-electron chi connectivity index (χ3n) is 5.80. The molecule has 1 aromatic heterocycles. The first-order valence-electron chi connectivity index (χ1n) is 8.58. The van der Waals surface area contributed by atoms with Crippen LogP contribution in [0.15, 0.2) is 23.0 Å². The predicted molar refractivity (Wildman–Crippen MR) is 95.6 cm³/mol. The van der Waals surface area contributed by atoms with Crippen LogP contribution >= 0.6 is 12.2 Å². The second kappa shape index (κ2) is 5.84. The van der Waals surface area contributed by atoms with Gasteiger partial charge in [0.25, 0.3) is 11.5 Å². The molecule has 0 spiro atoms. The van der Waals surface area contributed by atoms with Gasteiger partial charge < -0.3 is 10.3 Å². The van der Waals surface area contributed by atoms with E-state index in [1.165, 1.54) is 25.7 Å². The molecule has 0 saturated heterocycles.